The van der Waals surface area contributed by atoms with E-state index < -0.39 is 0 Å². The van der Waals surface area contributed by atoms with Crippen molar-refractivity contribution in [2.45, 2.75) is 91.3 Å². The van der Waals surface area contributed by atoms with Crippen molar-refractivity contribution in [2.75, 3.05) is 17.7 Å². The average Bonchev–Trinajstić information content (AvgIpc) is 2.90. The van der Waals surface area contributed by atoms with Crippen molar-refractivity contribution in [1.29, 1.82) is 0 Å². The number of carbonyl (C=O) groups excluding carboxylic acids is 2. The molecule has 0 spiro atoms. The van der Waals surface area contributed by atoms with Gasteiger partial charge >= 0.3 is 6.03 Å². The van der Waals surface area contributed by atoms with Crippen molar-refractivity contribution >= 4 is 23.3 Å². The molecule has 1 fully saturated rings. The molecule has 0 radical (unpaired) electrons. The lowest BCUT2D eigenvalue weighted by molar-refractivity contribution is -0.121. The Labute approximate surface area is 220 Å². The first-order chi connectivity index (χ1) is 17.8. The van der Waals surface area contributed by atoms with Gasteiger partial charge < -0.3 is 25.0 Å². The van der Waals surface area contributed by atoms with E-state index in [-0.39, 0.29) is 30.0 Å². The quantitative estimate of drug-likeness (QED) is 0.390. The number of amides is 3. The number of hydrogen-bond acceptors (Lipinski definition) is 4. The van der Waals surface area contributed by atoms with Gasteiger partial charge in [-0.05, 0) is 75.6 Å². The first-order valence-electron chi connectivity index (χ1n) is 13.7. The monoisotopic (exact) mass is 507 g/mol. The molecule has 37 heavy (non-hydrogen) atoms. The lowest BCUT2D eigenvalue weighted by atomic mass is 9.84. The fourth-order valence-electron chi connectivity index (χ4n) is 5.52. The molecule has 1 saturated carbocycles. The van der Waals surface area contributed by atoms with E-state index in [1.807, 2.05) is 36.1 Å². The Morgan fingerprint density at radius 2 is 1.81 bits per heavy atom. The number of rotatable bonds is 9. The Morgan fingerprint density at radius 1 is 1.08 bits per heavy atom. The van der Waals surface area contributed by atoms with Gasteiger partial charge in [0.25, 0.3) is 0 Å². The fraction of sp³-hybridized carbons (Fsp3) is 0.533. The minimum Gasteiger partial charge on any atom is -0.496 e. The van der Waals surface area contributed by atoms with Crippen LogP contribution < -0.4 is 20.1 Å². The molecule has 0 bridgehead atoms. The van der Waals surface area contributed by atoms with Crippen LogP contribution in [0.25, 0.3) is 0 Å². The van der Waals surface area contributed by atoms with Gasteiger partial charge in [0.1, 0.15) is 11.5 Å². The molecule has 200 valence electrons. The highest BCUT2D eigenvalue weighted by molar-refractivity contribution is 5.95. The van der Waals surface area contributed by atoms with Crippen LogP contribution in [0.4, 0.5) is 16.2 Å². The van der Waals surface area contributed by atoms with Crippen molar-refractivity contribution < 1.29 is 19.1 Å². The molecular weight excluding hydrogens is 466 g/mol. The molecule has 1 aliphatic carbocycles. The highest BCUT2D eigenvalue weighted by Crippen LogP contribution is 2.39. The van der Waals surface area contributed by atoms with Gasteiger partial charge in [-0.1, -0.05) is 32.4 Å². The second-order valence-corrected chi connectivity index (χ2v) is 10.4. The molecule has 0 aromatic heterocycles. The molecule has 7 nitrogen and oxygen atoms in total. The van der Waals surface area contributed by atoms with Gasteiger partial charge in [-0.3, -0.25) is 4.79 Å². The summed E-state index contributed by atoms with van der Waals surface area (Å²) in [4.78, 5) is 28.1. The summed E-state index contributed by atoms with van der Waals surface area (Å²) in [5, 5.41) is 6.19. The van der Waals surface area contributed by atoms with E-state index in [9.17, 15) is 9.59 Å². The second kappa shape index (κ2) is 11.9. The van der Waals surface area contributed by atoms with Crippen LogP contribution >= 0.6 is 0 Å². The van der Waals surface area contributed by atoms with Crippen molar-refractivity contribution in [3.05, 3.63) is 47.0 Å². The maximum Gasteiger partial charge on any atom is 0.322 e. The van der Waals surface area contributed by atoms with Gasteiger partial charge in [0.15, 0.2) is 0 Å². The third-order valence-electron chi connectivity index (χ3n) is 7.87. The largest absolute Gasteiger partial charge is 0.496 e. The van der Waals surface area contributed by atoms with E-state index in [1.54, 1.807) is 7.11 Å². The lowest BCUT2D eigenvalue weighted by Crippen LogP contribution is -2.47. The molecule has 3 amide bonds. The number of nitrogens with zero attached hydrogens (tertiary/aromatic N) is 1. The van der Waals surface area contributed by atoms with Gasteiger partial charge in [0.2, 0.25) is 5.91 Å². The van der Waals surface area contributed by atoms with Gasteiger partial charge in [-0.15, -0.1) is 0 Å². The molecule has 1 heterocycles. The minimum atomic E-state index is -0.0776. The molecular formula is C30H41N3O4. The van der Waals surface area contributed by atoms with Crippen molar-refractivity contribution in [1.82, 2.24) is 4.90 Å². The molecule has 7 heteroatoms. The van der Waals surface area contributed by atoms with Crippen LogP contribution in [0.5, 0.6) is 11.5 Å². The summed E-state index contributed by atoms with van der Waals surface area (Å²) >= 11 is 0. The number of methoxy groups -OCH3 is 1. The van der Waals surface area contributed by atoms with E-state index in [0.29, 0.717) is 6.54 Å². The smallest absolute Gasteiger partial charge is 0.322 e. The molecule has 0 saturated heterocycles. The fourth-order valence-corrected chi connectivity index (χ4v) is 5.52. The van der Waals surface area contributed by atoms with Crippen molar-refractivity contribution in [3.8, 4) is 11.5 Å². The summed E-state index contributed by atoms with van der Waals surface area (Å²) in [6, 6.07) is 9.82. The Balaban J connectivity index is 1.39. The van der Waals surface area contributed by atoms with Crippen LogP contribution in [0.2, 0.25) is 0 Å². The van der Waals surface area contributed by atoms with Crippen molar-refractivity contribution in [3.63, 3.8) is 0 Å². The zero-order valence-electron chi connectivity index (χ0n) is 22.9. The molecule has 1 unspecified atom stereocenters. The normalized spacial score (nSPS) is 20.0. The Morgan fingerprint density at radius 3 is 2.49 bits per heavy atom. The van der Waals surface area contributed by atoms with Crippen LogP contribution in [0, 0.1) is 19.8 Å². The predicted molar refractivity (Wildman–Crippen MR) is 147 cm³/mol. The number of aryl methyl sites for hydroxylation is 2. The van der Waals surface area contributed by atoms with Gasteiger partial charge in [0.05, 0.1) is 25.4 Å². The van der Waals surface area contributed by atoms with E-state index in [4.69, 9.17) is 9.47 Å². The highest BCUT2D eigenvalue weighted by Gasteiger charge is 2.35. The van der Waals surface area contributed by atoms with Crippen LogP contribution in [-0.4, -0.2) is 36.1 Å². The number of urea groups is 1. The number of hydrogen-bond donors (Lipinski definition) is 2. The maximum atomic E-state index is 13.2. The summed E-state index contributed by atoms with van der Waals surface area (Å²) in [7, 11) is 1.63. The molecule has 2 aliphatic rings. The Hall–Kier alpha value is -3.22. The molecule has 2 aromatic carbocycles. The van der Waals surface area contributed by atoms with Crippen LogP contribution in [0.15, 0.2) is 30.3 Å². The first kappa shape index (κ1) is 26.8. The zero-order valence-corrected chi connectivity index (χ0v) is 22.9. The molecule has 2 aromatic rings. The van der Waals surface area contributed by atoms with Gasteiger partial charge in [-0.25, -0.2) is 4.79 Å². The third-order valence-corrected chi connectivity index (χ3v) is 7.87. The second-order valence-electron chi connectivity index (χ2n) is 10.4. The van der Waals surface area contributed by atoms with E-state index in [2.05, 4.69) is 37.5 Å². The van der Waals surface area contributed by atoms with E-state index in [1.165, 1.54) is 0 Å². The summed E-state index contributed by atoms with van der Waals surface area (Å²) in [5.41, 5.74) is 4.87. The van der Waals surface area contributed by atoms with Gasteiger partial charge in [0, 0.05) is 29.3 Å². The zero-order chi connectivity index (χ0) is 26.5. The average molecular weight is 508 g/mol. The number of nitrogens with one attached hydrogen (secondary N) is 2. The van der Waals surface area contributed by atoms with Crippen LogP contribution in [0.3, 0.4) is 0 Å². The Bertz CT molecular complexity index is 1120. The summed E-state index contributed by atoms with van der Waals surface area (Å²) in [6.45, 7) is 8.93. The van der Waals surface area contributed by atoms with Gasteiger partial charge in [-0.2, -0.15) is 0 Å². The number of ether oxygens (including phenoxy) is 2. The topological polar surface area (TPSA) is 79.9 Å². The first-order valence-corrected chi connectivity index (χ1v) is 13.7. The van der Waals surface area contributed by atoms with E-state index >= 15 is 0 Å². The van der Waals surface area contributed by atoms with Crippen LogP contribution in [0.1, 0.15) is 75.5 Å². The predicted octanol–water partition coefficient (Wildman–Crippen LogP) is 6.81. The number of carbonyl (C=O) groups is 2. The summed E-state index contributed by atoms with van der Waals surface area (Å²) in [6.07, 6.45) is 6.27. The maximum absolute atomic E-state index is 13.2. The van der Waals surface area contributed by atoms with E-state index in [0.717, 1.165) is 84.5 Å². The van der Waals surface area contributed by atoms with Crippen molar-refractivity contribution in [2.24, 2.45) is 5.92 Å². The summed E-state index contributed by atoms with van der Waals surface area (Å²) < 4.78 is 11.7. The molecule has 1 aliphatic heterocycles. The standard InChI is InChI=1S/C30H41N3O4/c1-6-8-24(7-2)37-26-16-10-19(3)25-18-33(30(35)32-28(25)26)23-14-11-21(12-15-23)29(34)31-22-13-9-20(4)27(17-22)36-5/h9-10,13,16-17,21,23-24H,6-8,11-12,14-15,18H2,1-5H3,(H,31,34)(H,32,35). The molecule has 2 N–H and O–H groups in total. The highest BCUT2D eigenvalue weighted by atomic mass is 16.5. The summed E-state index contributed by atoms with van der Waals surface area (Å²) in [5.74, 6) is 1.50. The third kappa shape index (κ3) is 6.03. The SMILES string of the molecule is CCCC(CC)Oc1ccc(C)c2c1NC(=O)N(C1CCC(C(=O)Nc3ccc(C)c(OC)c3)CC1)C2. The minimum absolute atomic E-state index is 0.0352. The number of benzene rings is 2. The lowest BCUT2D eigenvalue weighted by Gasteiger charge is -2.40. The molecule has 1 atom stereocenters. The number of fused-ring (bicyclic) bond motifs is 1. The number of anilines is 2. The van der Waals surface area contributed by atoms with Crippen LogP contribution in [-0.2, 0) is 11.3 Å². The molecule has 4 rings (SSSR count). The Kier molecular flexibility index (Phi) is 8.62.